The van der Waals surface area contributed by atoms with E-state index in [9.17, 15) is 4.79 Å². The van der Waals surface area contributed by atoms with Crippen molar-refractivity contribution in [1.29, 1.82) is 0 Å². The molecule has 0 aromatic heterocycles. The standard InChI is InChI=1S/C15H22N2O2/c1-15(2,3)19-10-14(18)17-12-7-6-11-5-4-8-16-13(11)9-12/h6-7,9,16H,4-5,8,10H2,1-3H3,(H,17,18). The van der Waals surface area contributed by atoms with Gasteiger partial charge in [0.2, 0.25) is 5.91 Å². The van der Waals surface area contributed by atoms with Gasteiger partial charge in [-0.05, 0) is 51.3 Å². The fraction of sp³-hybridized carbons (Fsp3) is 0.533. The molecule has 1 amide bonds. The number of hydrogen-bond donors (Lipinski definition) is 2. The maximum absolute atomic E-state index is 11.8. The zero-order valence-corrected chi connectivity index (χ0v) is 11.9. The van der Waals surface area contributed by atoms with Gasteiger partial charge < -0.3 is 15.4 Å². The number of benzene rings is 1. The van der Waals surface area contributed by atoms with E-state index in [4.69, 9.17) is 4.74 Å². The fourth-order valence-electron chi connectivity index (χ4n) is 2.02. The van der Waals surface area contributed by atoms with Crippen molar-refractivity contribution < 1.29 is 9.53 Å². The molecule has 4 nitrogen and oxygen atoms in total. The third-order valence-corrected chi connectivity index (χ3v) is 2.97. The lowest BCUT2D eigenvalue weighted by molar-refractivity contribution is -0.125. The Kier molecular flexibility index (Phi) is 4.10. The average Bonchev–Trinajstić information content (AvgIpc) is 2.35. The quantitative estimate of drug-likeness (QED) is 0.880. The highest BCUT2D eigenvalue weighted by molar-refractivity contribution is 5.92. The van der Waals surface area contributed by atoms with Crippen LogP contribution in [0.4, 0.5) is 11.4 Å². The van der Waals surface area contributed by atoms with Crippen LogP contribution in [-0.4, -0.2) is 24.7 Å². The molecule has 19 heavy (non-hydrogen) atoms. The van der Waals surface area contributed by atoms with Crippen molar-refractivity contribution in [2.45, 2.75) is 39.2 Å². The lowest BCUT2D eigenvalue weighted by Crippen LogP contribution is -2.27. The van der Waals surface area contributed by atoms with Gasteiger partial charge in [-0.3, -0.25) is 4.79 Å². The van der Waals surface area contributed by atoms with E-state index in [0.29, 0.717) is 0 Å². The summed E-state index contributed by atoms with van der Waals surface area (Å²) in [7, 11) is 0. The molecular formula is C15H22N2O2. The molecule has 0 fully saturated rings. The predicted molar refractivity (Wildman–Crippen MR) is 77.6 cm³/mol. The van der Waals surface area contributed by atoms with Crippen LogP contribution in [0.15, 0.2) is 18.2 Å². The van der Waals surface area contributed by atoms with Gasteiger partial charge in [-0.25, -0.2) is 0 Å². The molecule has 0 saturated carbocycles. The van der Waals surface area contributed by atoms with Crippen molar-refractivity contribution in [3.05, 3.63) is 23.8 Å². The number of amides is 1. The molecule has 104 valence electrons. The van der Waals surface area contributed by atoms with Crippen LogP contribution in [0, 0.1) is 0 Å². The molecule has 0 unspecified atom stereocenters. The highest BCUT2D eigenvalue weighted by atomic mass is 16.5. The Labute approximate surface area is 114 Å². The number of fused-ring (bicyclic) bond motifs is 1. The first-order valence-corrected chi connectivity index (χ1v) is 6.75. The van der Waals surface area contributed by atoms with E-state index >= 15 is 0 Å². The van der Waals surface area contributed by atoms with Gasteiger partial charge in [-0.15, -0.1) is 0 Å². The smallest absolute Gasteiger partial charge is 0.250 e. The Bertz CT molecular complexity index is 464. The second-order valence-electron chi connectivity index (χ2n) is 5.85. The molecule has 0 atom stereocenters. The monoisotopic (exact) mass is 262 g/mol. The Balaban J connectivity index is 1.94. The average molecular weight is 262 g/mol. The topological polar surface area (TPSA) is 50.4 Å². The van der Waals surface area contributed by atoms with Crippen LogP contribution in [0.1, 0.15) is 32.8 Å². The van der Waals surface area contributed by atoms with Gasteiger partial charge in [-0.1, -0.05) is 6.07 Å². The van der Waals surface area contributed by atoms with E-state index < -0.39 is 0 Å². The lowest BCUT2D eigenvalue weighted by Gasteiger charge is -2.20. The molecule has 1 aliphatic heterocycles. The minimum Gasteiger partial charge on any atom is -0.385 e. The van der Waals surface area contributed by atoms with Crippen LogP contribution < -0.4 is 10.6 Å². The Morgan fingerprint density at radius 3 is 2.95 bits per heavy atom. The number of nitrogens with one attached hydrogen (secondary N) is 2. The molecule has 1 aliphatic rings. The van der Waals surface area contributed by atoms with Crippen molar-refractivity contribution in [3.8, 4) is 0 Å². The van der Waals surface area contributed by atoms with E-state index in [1.165, 1.54) is 5.56 Å². The zero-order valence-electron chi connectivity index (χ0n) is 11.9. The van der Waals surface area contributed by atoms with Crippen molar-refractivity contribution in [2.75, 3.05) is 23.8 Å². The number of anilines is 2. The van der Waals surface area contributed by atoms with Crippen LogP contribution in [0.25, 0.3) is 0 Å². The summed E-state index contributed by atoms with van der Waals surface area (Å²) in [6.07, 6.45) is 2.27. The predicted octanol–water partition coefficient (Wildman–Crippen LogP) is 2.80. The van der Waals surface area contributed by atoms with Crippen molar-refractivity contribution in [2.24, 2.45) is 0 Å². The van der Waals surface area contributed by atoms with E-state index in [1.807, 2.05) is 32.9 Å². The first-order chi connectivity index (χ1) is 8.94. The second kappa shape index (κ2) is 5.61. The van der Waals surface area contributed by atoms with Gasteiger partial charge in [0.1, 0.15) is 6.61 Å². The van der Waals surface area contributed by atoms with Gasteiger partial charge in [-0.2, -0.15) is 0 Å². The van der Waals surface area contributed by atoms with Gasteiger partial charge in [0.05, 0.1) is 5.60 Å². The third kappa shape index (κ3) is 4.24. The molecule has 0 bridgehead atoms. The number of carbonyl (C=O) groups is 1. The lowest BCUT2D eigenvalue weighted by atomic mass is 10.0. The minimum atomic E-state index is -0.297. The van der Waals surface area contributed by atoms with Gasteiger partial charge in [0.25, 0.3) is 0 Å². The molecule has 0 radical (unpaired) electrons. The van der Waals surface area contributed by atoms with Gasteiger partial charge >= 0.3 is 0 Å². The summed E-state index contributed by atoms with van der Waals surface area (Å²) < 4.78 is 5.45. The van der Waals surface area contributed by atoms with Crippen LogP contribution in [-0.2, 0) is 16.0 Å². The SMILES string of the molecule is CC(C)(C)OCC(=O)Nc1ccc2c(c1)NCCC2. The molecule has 0 aliphatic carbocycles. The summed E-state index contributed by atoms with van der Waals surface area (Å²) in [5, 5.41) is 6.21. The first kappa shape index (κ1) is 13.9. The highest BCUT2D eigenvalue weighted by Gasteiger charge is 2.14. The summed E-state index contributed by atoms with van der Waals surface area (Å²) in [6.45, 7) is 6.88. The molecule has 0 saturated heterocycles. The molecular weight excluding hydrogens is 240 g/mol. The summed E-state index contributed by atoms with van der Waals surface area (Å²) in [5.74, 6) is -0.120. The van der Waals surface area contributed by atoms with Gasteiger partial charge in [0.15, 0.2) is 0 Å². The molecule has 1 aromatic carbocycles. The molecule has 0 spiro atoms. The number of carbonyl (C=O) groups excluding carboxylic acids is 1. The minimum absolute atomic E-state index is 0.0774. The van der Waals surface area contributed by atoms with Crippen molar-refractivity contribution in [3.63, 3.8) is 0 Å². The summed E-state index contributed by atoms with van der Waals surface area (Å²) in [5.41, 5.74) is 2.96. The molecule has 2 rings (SSSR count). The first-order valence-electron chi connectivity index (χ1n) is 6.75. The van der Waals surface area contributed by atoms with Gasteiger partial charge in [0, 0.05) is 17.9 Å². The van der Waals surface area contributed by atoms with E-state index in [0.717, 1.165) is 30.8 Å². The Morgan fingerprint density at radius 2 is 2.21 bits per heavy atom. The normalized spacial score (nSPS) is 14.5. The van der Waals surface area contributed by atoms with E-state index in [2.05, 4.69) is 16.7 Å². The molecule has 1 aromatic rings. The number of rotatable bonds is 3. The van der Waals surface area contributed by atoms with E-state index in [1.54, 1.807) is 0 Å². The second-order valence-corrected chi connectivity index (χ2v) is 5.85. The van der Waals surface area contributed by atoms with Crippen LogP contribution >= 0.6 is 0 Å². The number of hydrogen-bond acceptors (Lipinski definition) is 3. The maximum atomic E-state index is 11.8. The zero-order chi connectivity index (χ0) is 13.9. The highest BCUT2D eigenvalue weighted by Crippen LogP contribution is 2.25. The fourth-order valence-corrected chi connectivity index (χ4v) is 2.02. The largest absolute Gasteiger partial charge is 0.385 e. The van der Waals surface area contributed by atoms with Crippen molar-refractivity contribution in [1.82, 2.24) is 0 Å². The summed E-state index contributed by atoms with van der Waals surface area (Å²) in [4.78, 5) is 11.8. The summed E-state index contributed by atoms with van der Waals surface area (Å²) >= 11 is 0. The Hall–Kier alpha value is -1.55. The Morgan fingerprint density at radius 1 is 1.42 bits per heavy atom. The maximum Gasteiger partial charge on any atom is 0.250 e. The molecule has 2 N–H and O–H groups in total. The third-order valence-electron chi connectivity index (χ3n) is 2.97. The van der Waals surface area contributed by atoms with Crippen LogP contribution in [0.2, 0.25) is 0 Å². The molecule has 4 heteroatoms. The summed E-state index contributed by atoms with van der Waals surface area (Å²) in [6, 6.07) is 6.01. The van der Waals surface area contributed by atoms with Crippen LogP contribution in [0.5, 0.6) is 0 Å². The number of aryl methyl sites for hydroxylation is 1. The van der Waals surface area contributed by atoms with E-state index in [-0.39, 0.29) is 18.1 Å². The van der Waals surface area contributed by atoms with Crippen molar-refractivity contribution >= 4 is 17.3 Å². The number of ether oxygens (including phenoxy) is 1. The molecule has 1 heterocycles. The van der Waals surface area contributed by atoms with Crippen LogP contribution in [0.3, 0.4) is 0 Å².